The van der Waals surface area contributed by atoms with E-state index in [0.717, 1.165) is 5.56 Å². The van der Waals surface area contributed by atoms with Gasteiger partial charge in [0.1, 0.15) is 11.7 Å². The highest BCUT2D eigenvalue weighted by molar-refractivity contribution is 7.80. The molecule has 4 rings (SSSR count). The molecule has 0 radical (unpaired) electrons. The molecule has 2 aromatic rings. The minimum Gasteiger partial charge on any atom is -0.467 e. The number of hydrogen-bond donors (Lipinski definition) is 3. The third-order valence-electron chi connectivity index (χ3n) is 4.60. The summed E-state index contributed by atoms with van der Waals surface area (Å²) in [4.78, 5) is 13.1. The van der Waals surface area contributed by atoms with Crippen molar-refractivity contribution in [3.05, 3.63) is 58.1 Å². The first-order chi connectivity index (χ1) is 12.4. The molecule has 5 nitrogen and oxygen atoms in total. The predicted molar refractivity (Wildman–Crippen MR) is 106 cm³/mol. The maximum atomic E-state index is 13.1. The molecule has 0 spiro atoms. The number of halogens is 2. The molecule has 26 heavy (non-hydrogen) atoms. The van der Waals surface area contributed by atoms with Gasteiger partial charge in [-0.3, -0.25) is 4.79 Å². The lowest BCUT2D eigenvalue weighted by atomic mass is 9.80. The van der Waals surface area contributed by atoms with Gasteiger partial charge in [-0.05, 0) is 61.6 Å². The number of nitrogens with one attached hydrogen (secondary N) is 3. The van der Waals surface area contributed by atoms with E-state index in [1.54, 1.807) is 42.5 Å². The van der Waals surface area contributed by atoms with E-state index in [2.05, 4.69) is 16.0 Å². The molecule has 2 aliphatic rings. The molecule has 2 bridgehead atoms. The van der Waals surface area contributed by atoms with Gasteiger partial charge in [-0.2, -0.15) is 0 Å². The molecule has 0 unspecified atom stereocenters. The molecule has 1 saturated heterocycles. The number of ether oxygens (including phenoxy) is 1. The minimum atomic E-state index is -0.982. The standard InChI is InChI=1S/C18H15Cl2N3O2S/c1-18-14(16(24)21-11-5-2-9(19)3-6-11)15(22-17(26)23-18)12-8-10(20)4-7-13(12)25-18/h2-8,14-15H,1H3,(H,21,24)(H2,22,23,26)/t14-,15+,18+/m0/s1. The maximum Gasteiger partial charge on any atom is 0.236 e. The molecule has 2 heterocycles. The molecule has 2 aliphatic heterocycles. The second kappa shape index (κ2) is 6.30. The van der Waals surface area contributed by atoms with Crippen LogP contribution in [0.25, 0.3) is 0 Å². The smallest absolute Gasteiger partial charge is 0.236 e. The van der Waals surface area contributed by atoms with Crippen LogP contribution in [0.4, 0.5) is 5.69 Å². The predicted octanol–water partition coefficient (Wildman–Crippen LogP) is 3.88. The number of amides is 1. The molecule has 0 saturated carbocycles. The number of hydrogen-bond acceptors (Lipinski definition) is 3. The van der Waals surface area contributed by atoms with Crippen molar-refractivity contribution in [1.82, 2.24) is 10.6 Å². The van der Waals surface area contributed by atoms with Gasteiger partial charge in [-0.15, -0.1) is 0 Å². The highest BCUT2D eigenvalue weighted by Gasteiger charge is 2.54. The van der Waals surface area contributed by atoms with Gasteiger partial charge < -0.3 is 20.7 Å². The van der Waals surface area contributed by atoms with Crippen molar-refractivity contribution in [2.45, 2.75) is 18.7 Å². The lowest BCUT2D eigenvalue weighted by Gasteiger charge is -2.50. The minimum absolute atomic E-state index is 0.201. The molecular weight excluding hydrogens is 393 g/mol. The Balaban J connectivity index is 1.71. The summed E-state index contributed by atoms with van der Waals surface area (Å²) in [5.41, 5.74) is 0.472. The van der Waals surface area contributed by atoms with Crippen molar-refractivity contribution in [3.8, 4) is 5.75 Å². The van der Waals surface area contributed by atoms with Crippen molar-refractivity contribution in [1.29, 1.82) is 0 Å². The molecule has 8 heteroatoms. The van der Waals surface area contributed by atoms with Gasteiger partial charge >= 0.3 is 0 Å². The van der Waals surface area contributed by atoms with Gasteiger partial charge in [0.15, 0.2) is 10.8 Å². The summed E-state index contributed by atoms with van der Waals surface area (Å²) in [7, 11) is 0. The van der Waals surface area contributed by atoms with E-state index in [9.17, 15) is 4.79 Å². The Hall–Kier alpha value is -2.02. The van der Waals surface area contributed by atoms with Crippen molar-refractivity contribution < 1.29 is 9.53 Å². The molecule has 3 atom stereocenters. The number of carbonyl (C=O) groups excluding carboxylic acids is 1. The molecule has 1 amide bonds. The molecular formula is C18H15Cl2N3O2S. The number of fused-ring (bicyclic) bond motifs is 4. The summed E-state index contributed by atoms with van der Waals surface area (Å²) in [6.07, 6.45) is 0. The molecule has 0 aromatic heterocycles. The van der Waals surface area contributed by atoms with Crippen LogP contribution in [0.5, 0.6) is 5.75 Å². The van der Waals surface area contributed by atoms with Crippen LogP contribution < -0.4 is 20.7 Å². The van der Waals surface area contributed by atoms with Crippen LogP contribution in [0, 0.1) is 5.92 Å². The van der Waals surface area contributed by atoms with Gasteiger partial charge in [-0.1, -0.05) is 23.2 Å². The van der Waals surface area contributed by atoms with E-state index in [4.69, 9.17) is 40.2 Å². The zero-order chi connectivity index (χ0) is 18.5. The van der Waals surface area contributed by atoms with Crippen LogP contribution in [0.3, 0.4) is 0 Å². The maximum absolute atomic E-state index is 13.1. The molecule has 2 aromatic carbocycles. The first-order valence-corrected chi connectivity index (χ1v) is 9.16. The average molecular weight is 408 g/mol. The number of thiocarbonyl (C=S) groups is 1. The van der Waals surface area contributed by atoms with E-state index in [1.165, 1.54) is 0 Å². The fourth-order valence-corrected chi connectivity index (χ4v) is 4.10. The summed E-state index contributed by atoms with van der Waals surface area (Å²) in [5.74, 6) is -0.108. The van der Waals surface area contributed by atoms with Crippen LogP contribution in [0.15, 0.2) is 42.5 Å². The third-order valence-corrected chi connectivity index (χ3v) is 5.31. The Morgan fingerprint density at radius 3 is 2.62 bits per heavy atom. The van der Waals surface area contributed by atoms with Crippen molar-refractivity contribution in [3.63, 3.8) is 0 Å². The van der Waals surface area contributed by atoms with Gasteiger partial charge in [0.2, 0.25) is 5.91 Å². The molecule has 3 N–H and O–H groups in total. The number of rotatable bonds is 2. The first-order valence-electron chi connectivity index (χ1n) is 7.99. The summed E-state index contributed by atoms with van der Waals surface area (Å²) in [5, 5.41) is 10.8. The van der Waals surface area contributed by atoms with Crippen LogP contribution in [-0.4, -0.2) is 16.7 Å². The second-order valence-corrected chi connectivity index (χ2v) is 7.72. The monoisotopic (exact) mass is 407 g/mol. The van der Waals surface area contributed by atoms with E-state index < -0.39 is 11.6 Å². The topological polar surface area (TPSA) is 62.4 Å². The van der Waals surface area contributed by atoms with Gasteiger partial charge in [0, 0.05) is 21.3 Å². The summed E-state index contributed by atoms with van der Waals surface area (Å²) >= 11 is 17.4. The second-order valence-electron chi connectivity index (χ2n) is 6.44. The Morgan fingerprint density at radius 1 is 1.19 bits per heavy atom. The quantitative estimate of drug-likeness (QED) is 0.659. The van der Waals surface area contributed by atoms with Gasteiger partial charge in [0.05, 0.1) is 6.04 Å². The Morgan fingerprint density at radius 2 is 1.88 bits per heavy atom. The Labute approximate surface area is 166 Å². The third kappa shape index (κ3) is 2.98. The highest BCUT2D eigenvalue weighted by Crippen LogP contribution is 2.45. The molecule has 0 aliphatic carbocycles. The van der Waals surface area contributed by atoms with Crippen LogP contribution in [0.1, 0.15) is 18.5 Å². The van der Waals surface area contributed by atoms with Crippen LogP contribution in [0.2, 0.25) is 10.0 Å². The highest BCUT2D eigenvalue weighted by atomic mass is 35.5. The van der Waals surface area contributed by atoms with E-state index in [1.807, 2.05) is 6.92 Å². The van der Waals surface area contributed by atoms with Crippen molar-refractivity contribution >= 4 is 52.1 Å². The fraction of sp³-hybridized carbons (Fsp3) is 0.222. The largest absolute Gasteiger partial charge is 0.467 e. The van der Waals surface area contributed by atoms with E-state index >= 15 is 0 Å². The lowest BCUT2D eigenvalue weighted by Crippen LogP contribution is -2.70. The van der Waals surface area contributed by atoms with Crippen LogP contribution >= 0.6 is 35.4 Å². The Kier molecular flexibility index (Phi) is 4.22. The lowest BCUT2D eigenvalue weighted by molar-refractivity contribution is -0.132. The SMILES string of the molecule is C[C@@]12NC(=S)N[C@H](c3cc(Cl)ccc3O1)[C@H]2C(=O)Nc1ccc(Cl)cc1. The normalized spacial score (nSPS) is 26.0. The number of benzene rings is 2. The van der Waals surface area contributed by atoms with E-state index in [0.29, 0.717) is 26.6 Å². The number of carbonyl (C=O) groups is 1. The van der Waals surface area contributed by atoms with E-state index in [-0.39, 0.29) is 11.9 Å². The van der Waals surface area contributed by atoms with Gasteiger partial charge in [-0.25, -0.2) is 0 Å². The number of anilines is 1. The van der Waals surface area contributed by atoms with Crippen LogP contribution in [-0.2, 0) is 4.79 Å². The summed E-state index contributed by atoms with van der Waals surface area (Å²) in [6, 6.07) is 11.9. The van der Waals surface area contributed by atoms with Crippen molar-refractivity contribution in [2.75, 3.05) is 5.32 Å². The first kappa shape index (κ1) is 17.4. The Bertz CT molecular complexity index is 906. The van der Waals surface area contributed by atoms with Crippen molar-refractivity contribution in [2.24, 2.45) is 5.92 Å². The fourth-order valence-electron chi connectivity index (χ4n) is 3.47. The van der Waals surface area contributed by atoms with Gasteiger partial charge in [0.25, 0.3) is 0 Å². The average Bonchev–Trinajstić information content (AvgIpc) is 2.56. The summed E-state index contributed by atoms with van der Waals surface area (Å²) < 4.78 is 6.13. The molecule has 1 fully saturated rings. The molecule has 134 valence electrons. The summed E-state index contributed by atoms with van der Waals surface area (Å²) in [6.45, 7) is 1.82. The zero-order valence-corrected chi connectivity index (χ0v) is 16.0. The zero-order valence-electron chi connectivity index (χ0n) is 13.7.